The first kappa shape index (κ1) is 22.1. The van der Waals surface area contributed by atoms with E-state index in [9.17, 15) is 19.2 Å². The van der Waals surface area contributed by atoms with Crippen molar-refractivity contribution in [1.29, 1.82) is 0 Å². The molecule has 5 rings (SSSR count). The highest BCUT2D eigenvalue weighted by molar-refractivity contribution is 6.25. The number of fused-ring (bicyclic) bond motifs is 1. The highest BCUT2D eigenvalue weighted by atomic mass is 16.2. The number of carbonyl (C=O) groups is 4. The minimum Gasteiger partial charge on any atom is -0.384 e. The number of carbonyl (C=O) groups excluding carboxylic acids is 4. The van der Waals surface area contributed by atoms with Crippen molar-refractivity contribution in [2.24, 2.45) is 11.3 Å². The maximum Gasteiger partial charge on any atom is 0.264 e. The molecule has 1 aliphatic carbocycles. The number of hydrogen-bond donors (Lipinski definition) is 3. The van der Waals surface area contributed by atoms with Gasteiger partial charge in [-0.3, -0.25) is 29.4 Å². The third-order valence-corrected chi connectivity index (χ3v) is 8.17. The molecule has 1 aromatic carbocycles. The van der Waals surface area contributed by atoms with Gasteiger partial charge < -0.3 is 10.6 Å². The van der Waals surface area contributed by atoms with Gasteiger partial charge in [-0.25, -0.2) is 0 Å². The summed E-state index contributed by atoms with van der Waals surface area (Å²) < 4.78 is 0. The Morgan fingerprint density at radius 2 is 1.73 bits per heavy atom. The summed E-state index contributed by atoms with van der Waals surface area (Å²) in [6, 6.07) is 4.28. The van der Waals surface area contributed by atoms with Crippen molar-refractivity contribution in [1.82, 2.24) is 15.5 Å². The number of benzene rings is 1. The van der Waals surface area contributed by atoms with Crippen LogP contribution < -0.4 is 16.0 Å². The summed E-state index contributed by atoms with van der Waals surface area (Å²) in [5.74, 6) is -1.19. The van der Waals surface area contributed by atoms with E-state index in [1.54, 1.807) is 12.1 Å². The molecule has 1 aromatic rings. The first-order valence-electron chi connectivity index (χ1n) is 12.3. The van der Waals surface area contributed by atoms with Gasteiger partial charge >= 0.3 is 0 Å². The Morgan fingerprint density at radius 1 is 0.970 bits per heavy atom. The maximum absolute atomic E-state index is 13.2. The fourth-order valence-corrected chi connectivity index (χ4v) is 6.11. The van der Waals surface area contributed by atoms with Crippen molar-refractivity contribution in [2.45, 2.75) is 63.8 Å². The molecular weight excluding hydrogens is 420 g/mol. The molecule has 8 heteroatoms. The number of piperidine rings is 2. The molecule has 1 spiro atoms. The molecule has 4 aliphatic rings. The van der Waals surface area contributed by atoms with Gasteiger partial charge in [0.2, 0.25) is 11.8 Å². The van der Waals surface area contributed by atoms with E-state index in [1.807, 2.05) is 6.07 Å². The van der Waals surface area contributed by atoms with Crippen LogP contribution in [0.3, 0.4) is 0 Å². The first-order chi connectivity index (χ1) is 16.0. The van der Waals surface area contributed by atoms with E-state index in [-0.39, 0.29) is 18.7 Å². The fraction of sp³-hybridized carbons (Fsp3) is 0.600. The van der Waals surface area contributed by atoms with Crippen LogP contribution in [0.1, 0.15) is 78.5 Å². The second-order valence-electron chi connectivity index (χ2n) is 10.1. The van der Waals surface area contributed by atoms with Gasteiger partial charge in [0, 0.05) is 18.7 Å². The van der Waals surface area contributed by atoms with Gasteiger partial charge in [-0.15, -0.1) is 0 Å². The second-order valence-corrected chi connectivity index (χ2v) is 10.1. The summed E-state index contributed by atoms with van der Waals surface area (Å²) in [6.45, 7) is 3.04. The smallest absolute Gasteiger partial charge is 0.264 e. The summed E-state index contributed by atoms with van der Waals surface area (Å²) >= 11 is 0. The number of imide groups is 2. The lowest BCUT2D eigenvalue weighted by atomic mass is 9.65. The largest absolute Gasteiger partial charge is 0.384 e. The summed E-state index contributed by atoms with van der Waals surface area (Å²) in [6.07, 6.45) is 9.07. The third-order valence-electron chi connectivity index (χ3n) is 8.17. The molecule has 0 radical (unpaired) electrons. The first-order valence-corrected chi connectivity index (χ1v) is 12.3. The number of rotatable bonds is 5. The lowest BCUT2D eigenvalue weighted by Gasteiger charge is -2.43. The minimum absolute atomic E-state index is 0.119. The van der Waals surface area contributed by atoms with Crippen molar-refractivity contribution < 1.29 is 19.2 Å². The molecule has 3 fully saturated rings. The van der Waals surface area contributed by atoms with Crippen LogP contribution in [0.2, 0.25) is 0 Å². The van der Waals surface area contributed by atoms with Crippen molar-refractivity contribution in [3.63, 3.8) is 0 Å². The van der Waals surface area contributed by atoms with Crippen LogP contribution in [-0.4, -0.2) is 54.2 Å². The predicted octanol–water partition coefficient (Wildman–Crippen LogP) is 2.45. The van der Waals surface area contributed by atoms with E-state index in [1.165, 1.54) is 38.5 Å². The van der Waals surface area contributed by atoms with Crippen LogP contribution in [0.5, 0.6) is 0 Å². The van der Waals surface area contributed by atoms with Crippen molar-refractivity contribution in [3.8, 4) is 0 Å². The third kappa shape index (κ3) is 4.16. The molecule has 3 N–H and O–H groups in total. The summed E-state index contributed by atoms with van der Waals surface area (Å²) in [5.41, 5.74) is 1.86. The lowest BCUT2D eigenvalue weighted by molar-refractivity contribution is -0.136. The summed E-state index contributed by atoms with van der Waals surface area (Å²) in [7, 11) is 0. The highest BCUT2D eigenvalue weighted by Gasteiger charge is 2.45. The molecule has 176 valence electrons. The van der Waals surface area contributed by atoms with Gasteiger partial charge in [0.05, 0.1) is 11.1 Å². The normalized spacial score (nSPS) is 25.3. The van der Waals surface area contributed by atoms with Gasteiger partial charge in [0.1, 0.15) is 6.04 Å². The van der Waals surface area contributed by atoms with E-state index < -0.39 is 23.8 Å². The Hall–Kier alpha value is -2.74. The molecule has 3 heterocycles. The van der Waals surface area contributed by atoms with Crippen molar-refractivity contribution in [3.05, 3.63) is 29.3 Å². The van der Waals surface area contributed by atoms with Crippen LogP contribution in [0.25, 0.3) is 0 Å². The molecule has 1 unspecified atom stereocenters. The Balaban J connectivity index is 1.21. The van der Waals surface area contributed by atoms with E-state index in [2.05, 4.69) is 16.0 Å². The molecule has 2 saturated heterocycles. The molecule has 3 aliphatic heterocycles. The molecule has 1 saturated carbocycles. The summed E-state index contributed by atoms with van der Waals surface area (Å²) in [5, 5.41) is 9.10. The Labute approximate surface area is 193 Å². The number of nitrogens with one attached hydrogen (secondary N) is 3. The topological polar surface area (TPSA) is 108 Å². The molecule has 33 heavy (non-hydrogen) atoms. The van der Waals surface area contributed by atoms with E-state index in [0.29, 0.717) is 28.1 Å². The van der Waals surface area contributed by atoms with Gasteiger partial charge in [0.15, 0.2) is 0 Å². The lowest BCUT2D eigenvalue weighted by Crippen LogP contribution is -2.54. The average Bonchev–Trinajstić information content (AvgIpc) is 3.07. The predicted molar refractivity (Wildman–Crippen MR) is 123 cm³/mol. The SMILES string of the molecule is O=C1CCC(N2C(=O)c3cccc(NCCC4CCC5(CCNCC5)CC4)c3C2=O)C(=O)N1. The second kappa shape index (κ2) is 8.89. The number of amides is 4. The van der Waals surface area contributed by atoms with Gasteiger partial charge in [0.25, 0.3) is 11.8 Å². The number of hydrogen-bond acceptors (Lipinski definition) is 6. The molecule has 0 aromatic heterocycles. The van der Waals surface area contributed by atoms with Gasteiger partial charge in [-0.2, -0.15) is 0 Å². The standard InChI is InChI=1S/C25H32N4O4/c30-20-5-4-19(22(31)28-20)29-23(32)17-2-1-3-18(21(17)24(29)33)27-13-8-16-6-9-25(10-7-16)11-14-26-15-12-25/h1-3,16,19,26-27H,4-15H2,(H,28,30,31). The Morgan fingerprint density at radius 3 is 2.45 bits per heavy atom. The Bertz CT molecular complexity index is 975. The maximum atomic E-state index is 13.2. The zero-order valence-electron chi connectivity index (χ0n) is 19.0. The number of anilines is 1. The molecule has 4 amide bonds. The van der Waals surface area contributed by atoms with Crippen LogP contribution >= 0.6 is 0 Å². The zero-order valence-corrected chi connectivity index (χ0v) is 19.0. The van der Waals surface area contributed by atoms with Crippen LogP contribution in [-0.2, 0) is 9.59 Å². The minimum atomic E-state index is -0.938. The summed E-state index contributed by atoms with van der Waals surface area (Å²) in [4.78, 5) is 50.9. The molecule has 1 atom stereocenters. The van der Waals surface area contributed by atoms with Crippen LogP contribution in [0, 0.1) is 11.3 Å². The fourth-order valence-electron chi connectivity index (χ4n) is 6.11. The quantitative estimate of drug-likeness (QED) is 0.593. The molecule has 0 bridgehead atoms. The Kier molecular flexibility index (Phi) is 5.95. The van der Waals surface area contributed by atoms with Crippen LogP contribution in [0.4, 0.5) is 5.69 Å². The number of nitrogens with zero attached hydrogens (tertiary/aromatic N) is 1. The van der Waals surface area contributed by atoms with Crippen molar-refractivity contribution in [2.75, 3.05) is 25.0 Å². The highest BCUT2D eigenvalue weighted by Crippen LogP contribution is 2.45. The van der Waals surface area contributed by atoms with Gasteiger partial charge in [-0.05, 0) is 87.9 Å². The monoisotopic (exact) mass is 452 g/mol. The van der Waals surface area contributed by atoms with E-state index in [0.717, 1.165) is 31.0 Å². The molecular formula is C25H32N4O4. The van der Waals surface area contributed by atoms with Gasteiger partial charge in [-0.1, -0.05) is 6.07 Å². The average molecular weight is 453 g/mol. The van der Waals surface area contributed by atoms with E-state index in [4.69, 9.17) is 0 Å². The van der Waals surface area contributed by atoms with E-state index >= 15 is 0 Å². The van der Waals surface area contributed by atoms with Crippen molar-refractivity contribution >= 4 is 29.3 Å². The van der Waals surface area contributed by atoms with Crippen LogP contribution in [0.15, 0.2) is 18.2 Å². The zero-order chi connectivity index (χ0) is 23.0. The molecule has 8 nitrogen and oxygen atoms in total.